The Balaban J connectivity index is 1.44. The molecular weight excluding hydrogens is 450 g/mol. The number of fused-ring (bicyclic) bond motifs is 3. The third kappa shape index (κ3) is 3.46. The second-order valence-electron chi connectivity index (χ2n) is 9.27. The predicted molar refractivity (Wildman–Crippen MR) is 140 cm³/mol. The molecule has 4 aromatic carbocycles. The number of benzene rings is 4. The van der Waals surface area contributed by atoms with Crippen LogP contribution in [0.5, 0.6) is 0 Å². The molecule has 0 saturated carbocycles. The Morgan fingerprint density at radius 2 is 0.722 bits per heavy atom. The summed E-state index contributed by atoms with van der Waals surface area (Å²) in [7, 11) is 0. The summed E-state index contributed by atoms with van der Waals surface area (Å²) in [5.74, 6) is 1.54. The normalized spacial score (nSPS) is 11.8. The Morgan fingerprint density at radius 1 is 0.417 bits per heavy atom. The lowest BCUT2D eigenvalue weighted by Gasteiger charge is -2.04. The smallest absolute Gasteiger partial charge is 0.227 e. The Hall–Kier alpha value is -4.71. The van der Waals surface area contributed by atoms with Crippen molar-refractivity contribution in [3.8, 4) is 34.4 Å². The van der Waals surface area contributed by atoms with Crippen LogP contribution in [0.1, 0.15) is 16.7 Å². The molecule has 0 fully saturated rings. The first-order valence-corrected chi connectivity index (χ1v) is 11.8. The fourth-order valence-corrected chi connectivity index (χ4v) is 4.48. The quantitative estimate of drug-likeness (QED) is 0.259. The van der Waals surface area contributed by atoms with Crippen LogP contribution in [0.25, 0.3) is 67.7 Å². The van der Waals surface area contributed by atoms with Crippen LogP contribution in [0.4, 0.5) is 0 Å². The van der Waals surface area contributed by atoms with Crippen LogP contribution in [-0.2, 0) is 0 Å². The van der Waals surface area contributed by atoms with Crippen LogP contribution >= 0.6 is 0 Å². The minimum absolute atomic E-state index is 0.512. The number of aryl methyl sites for hydroxylation is 3. The van der Waals surface area contributed by atoms with Crippen LogP contribution in [0.3, 0.4) is 0 Å². The van der Waals surface area contributed by atoms with E-state index in [-0.39, 0.29) is 0 Å². The molecule has 0 aliphatic heterocycles. The standard InChI is InChI=1S/C30H21N3O3/c1-16-4-7-25-22(10-16)31-28(34-25)19-13-20(29-32-23-11-17(2)5-8-26(23)35-29)15-21(14-19)30-33-24-12-18(3)6-9-27(24)36-30/h4-15H,1-3H3. The van der Waals surface area contributed by atoms with Crippen molar-refractivity contribution in [2.45, 2.75) is 20.8 Å². The highest BCUT2D eigenvalue weighted by molar-refractivity contribution is 5.83. The molecule has 0 saturated heterocycles. The summed E-state index contributed by atoms with van der Waals surface area (Å²) in [5, 5.41) is 0. The van der Waals surface area contributed by atoms with Gasteiger partial charge in [-0.3, -0.25) is 0 Å². The van der Waals surface area contributed by atoms with Crippen LogP contribution in [0.2, 0.25) is 0 Å². The zero-order valence-electron chi connectivity index (χ0n) is 20.0. The van der Waals surface area contributed by atoms with Gasteiger partial charge >= 0.3 is 0 Å². The van der Waals surface area contributed by atoms with E-state index in [9.17, 15) is 0 Å². The summed E-state index contributed by atoms with van der Waals surface area (Å²) >= 11 is 0. The molecule has 6 heteroatoms. The van der Waals surface area contributed by atoms with Crippen molar-refractivity contribution in [2.24, 2.45) is 0 Å². The van der Waals surface area contributed by atoms with Crippen molar-refractivity contribution in [3.05, 3.63) is 89.5 Å². The van der Waals surface area contributed by atoms with Gasteiger partial charge in [0.2, 0.25) is 17.7 Å². The molecule has 0 aliphatic rings. The molecular formula is C30H21N3O3. The van der Waals surface area contributed by atoms with Gasteiger partial charge in [0.25, 0.3) is 0 Å². The molecule has 0 radical (unpaired) electrons. The SMILES string of the molecule is Cc1ccc2oc(-c3cc(-c4nc5cc(C)ccc5o4)cc(-c4nc5cc(C)ccc5o4)c3)nc2c1. The highest BCUT2D eigenvalue weighted by Gasteiger charge is 2.18. The summed E-state index contributed by atoms with van der Waals surface area (Å²) < 4.78 is 18.4. The third-order valence-corrected chi connectivity index (χ3v) is 6.30. The molecule has 3 aromatic heterocycles. The summed E-state index contributed by atoms with van der Waals surface area (Å²) in [6.45, 7) is 6.11. The maximum atomic E-state index is 6.13. The van der Waals surface area contributed by atoms with E-state index in [1.54, 1.807) is 0 Å². The van der Waals surface area contributed by atoms with Crippen molar-refractivity contribution < 1.29 is 13.3 Å². The second-order valence-corrected chi connectivity index (χ2v) is 9.27. The minimum atomic E-state index is 0.512. The van der Waals surface area contributed by atoms with E-state index in [4.69, 9.17) is 28.2 Å². The van der Waals surface area contributed by atoms with Gasteiger partial charge in [0, 0.05) is 16.7 Å². The molecule has 0 N–H and O–H groups in total. The van der Waals surface area contributed by atoms with Crippen molar-refractivity contribution in [2.75, 3.05) is 0 Å². The van der Waals surface area contributed by atoms with Gasteiger partial charge in [-0.05, 0) is 92.1 Å². The van der Waals surface area contributed by atoms with E-state index in [0.29, 0.717) is 17.7 Å². The van der Waals surface area contributed by atoms with Gasteiger partial charge in [-0.1, -0.05) is 18.2 Å². The van der Waals surface area contributed by atoms with E-state index < -0.39 is 0 Å². The fourth-order valence-electron chi connectivity index (χ4n) is 4.48. The van der Waals surface area contributed by atoms with E-state index >= 15 is 0 Å². The second kappa shape index (κ2) is 7.65. The first-order valence-electron chi connectivity index (χ1n) is 11.8. The van der Waals surface area contributed by atoms with Crippen molar-refractivity contribution >= 4 is 33.3 Å². The molecule has 7 rings (SSSR count). The maximum Gasteiger partial charge on any atom is 0.227 e. The number of rotatable bonds is 3. The van der Waals surface area contributed by atoms with Gasteiger partial charge in [0.15, 0.2) is 16.7 Å². The largest absolute Gasteiger partial charge is 0.436 e. The zero-order chi connectivity index (χ0) is 24.4. The molecule has 174 valence electrons. The molecule has 0 aliphatic carbocycles. The number of hydrogen-bond donors (Lipinski definition) is 0. The first-order chi connectivity index (χ1) is 17.5. The summed E-state index contributed by atoms with van der Waals surface area (Å²) in [6.07, 6.45) is 0. The highest BCUT2D eigenvalue weighted by Crippen LogP contribution is 2.35. The average Bonchev–Trinajstić information content (AvgIpc) is 3.59. The predicted octanol–water partition coefficient (Wildman–Crippen LogP) is 8.04. The fraction of sp³-hybridized carbons (Fsp3) is 0.100. The Kier molecular flexibility index (Phi) is 4.39. The Bertz CT molecular complexity index is 1700. The van der Waals surface area contributed by atoms with Gasteiger partial charge in [-0.25, -0.2) is 15.0 Å². The molecule has 0 bridgehead atoms. The number of hydrogen-bond acceptors (Lipinski definition) is 6. The molecule has 36 heavy (non-hydrogen) atoms. The number of aromatic nitrogens is 3. The van der Waals surface area contributed by atoms with Gasteiger partial charge in [-0.2, -0.15) is 0 Å². The number of oxazole rings is 3. The van der Waals surface area contributed by atoms with E-state index in [0.717, 1.165) is 66.7 Å². The average molecular weight is 472 g/mol. The molecule has 0 amide bonds. The lowest BCUT2D eigenvalue weighted by Crippen LogP contribution is -1.86. The molecule has 6 nitrogen and oxygen atoms in total. The van der Waals surface area contributed by atoms with E-state index in [1.165, 1.54) is 0 Å². The van der Waals surface area contributed by atoms with Crippen LogP contribution < -0.4 is 0 Å². The Labute approximate surface area is 206 Å². The van der Waals surface area contributed by atoms with Crippen molar-refractivity contribution in [1.29, 1.82) is 0 Å². The lowest BCUT2D eigenvalue weighted by molar-refractivity contribution is 0.615. The third-order valence-electron chi connectivity index (χ3n) is 6.30. The van der Waals surface area contributed by atoms with Crippen molar-refractivity contribution in [3.63, 3.8) is 0 Å². The topological polar surface area (TPSA) is 78.1 Å². The highest BCUT2D eigenvalue weighted by atomic mass is 16.4. The van der Waals surface area contributed by atoms with Gasteiger partial charge < -0.3 is 13.3 Å². The maximum absolute atomic E-state index is 6.13. The lowest BCUT2D eigenvalue weighted by atomic mass is 10.1. The van der Waals surface area contributed by atoms with E-state index in [2.05, 4.69) is 0 Å². The Morgan fingerprint density at radius 3 is 1.03 bits per heavy atom. The molecule has 0 atom stereocenters. The van der Waals surface area contributed by atoms with Crippen LogP contribution in [-0.4, -0.2) is 15.0 Å². The van der Waals surface area contributed by atoms with Gasteiger partial charge in [0.1, 0.15) is 16.6 Å². The van der Waals surface area contributed by atoms with E-state index in [1.807, 2.05) is 93.6 Å². The van der Waals surface area contributed by atoms with Crippen LogP contribution in [0.15, 0.2) is 86.0 Å². The number of nitrogens with zero attached hydrogens (tertiary/aromatic N) is 3. The molecule has 7 aromatic rings. The molecule has 3 heterocycles. The summed E-state index contributed by atoms with van der Waals surface area (Å²) in [5.41, 5.74) is 10.4. The van der Waals surface area contributed by atoms with Crippen LogP contribution in [0, 0.1) is 20.8 Å². The summed E-state index contributed by atoms with van der Waals surface area (Å²) in [6, 6.07) is 23.8. The summed E-state index contributed by atoms with van der Waals surface area (Å²) in [4.78, 5) is 14.3. The minimum Gasteiger partial charge on any atom is -0.436 e. The molecule has 0 spiro atoms. The monoisotopic (exact) mass is 471 g/mol. The zero-order valence-corrected chi connectivity index (χ0v) is 20.0. The van der Waals surface area contributed by atoms with Gasteiger partial charge in [0.05, 0.1) is 0 Å². The van der Waals surface area contributed by atoms with Gasteiger partial charge in [-0.15, -0.1) is 0 Å². The molecule has 0 unspecified atom stereocenters. The van der Waals surface area contributed by atoms with Crippen molar-refractivity contribution in [1.82, 2.24) is 15.0 Å². The first kappa shape index (κ1) is 20.6.